The van der Waals surface area contributed by atoms with Crippen LogP contribution in [0.5, 0.6) is 0 Å². The van der Waals surface area contributed by atoms with Gasteiger partial charge in [-0.3, -0.25) is 4.79 Å². The molecule has 2 unspecified atom stereocenters. The van der Waals surface area contributed by atoms with Crippen molar-refractivity contribution in [3.8, 4) is 0 Å². The van der Waals surface area contributed by atoms with Crippen LogP contribution in [0.2, 0.25) is 15.1 Å². The maximum atomic E-state index is 13.1. The van der Waals surface area contributed by atoms with Gasteiger partial charge in [0.25, 0.3) is 0 Å². The van der Waals surface area contributed by atoms with Gasteiger partial charge in [-0.1, -0.05) is 40.9 Å². The van der Waals surface area contributed by atoms with Gasteiger partial charge in [0.2, 0.25) is 5.78 Å². The Bertz CT molecular complexity index is 1120. The van der Waals surface area contributed by atoms with Crippen LogP contribution in [0, 0.1) is 18.8 Å². The molecular weight excluding hydrogens is 459 g/mol. The third kappa shape index (κ3) is 3.71. The molecule has 2 aromatic heterocycles. The predicted molar refractivity (Wildman–Crippen MR) is 127 cm³/mol. The van der Waals surface area contributed by atoms with Gasteiger partial charge in [0.1, 0.15) is 4.83 Å². The van der Waals surface area contributed by atoms with E-state index >= 15 is 0 Å². The van der Waals surface area contributed by atoms with Crippen LogP contribution in [0.15, 0.2) is 24.3 Å². The van der Waals surface area contributed by atoms with Crippen molar-refractivity contribution in [3.63, 3.8) is 0 Å². The van der Waals surface area contributed by atoms with Crippen LogP contribution in [0.4, 0.5) is 0 Å². The number of likely N-dealkylation sites (tertiary alicyclic amines) is 1. The lowest BCUT2D eigenvalue weighted by Crippen LogP contribution is -2.29. The van der Waals surface area contributed by atoms with E-state index in [0.29, 0.717) is 20.5 Å². The Morgan fingerprint density at radius 3 is 2.57 bits per heavy atom. The monoisotopic (exact) mass is 480 g/mol. The summed E-state index contributed by atoms with van der Waals surface area (Å²) in [6.07, 6.45) is 4.12. The highest BCUT2D eigenvalue weighted by atomic mass is 35.5. The lowest BCUT2D eigenvalue weighted by atomic mass is 10.1. The number of hydrogen-bond donors (Lipinski definition) is 0. The van der Waals surface area contributed by atoms with Gasteiger partial charge in [-0.15, -0.1) is 11.3 Å². The minimum Gasteiger partial charge on any atom is -0.334 e. The highest BCUT2D eigenvalue weighted by Crippen LogP contribution is 2.45. The Kier molecular flexibility index (Phi) is 5.66. The molecule has 2 atom stereocenters. The fourth-order valence-corrected chi connectivity index (χ4v) is 6.57. The molecule has 1 aliphatic carbocycles. The molecule has 3 heterocycles. The Hall–Kier alpha value is -1.04. The van der Waals surface area contributed by atoms with Gasteiger partial charge in [0.15, 0.2) is 0 Å². The average molecular weight is 482 g/mol. The van der Waals surface area contributed by atoms with Crippen LogP contribution in [-0.2, 0) is 6.54 Å². The fourth-order valence-electron chi connectivity index (χ4n) is 4.69. The lowest BCUT2D eigenvalue weighted by molar-refractivity contribution is 0.104. The number of halogens is 3. The van der Waals surface area contributed by atoms with Crippen molar-refractivity contribution in [2.45, 2.75) is 32.7 Å². The molecule has 1 saturated carbocycles. The minimum atomic E-state index is -0.115. The van der Waals surface area contributed by atoms with E-state index in [4.69, 9.17) is 34.8 Å². The van der Waals surface area contributed by atoms with E-state index in [9.17, 15) is 4.79 Å². The SMILES string of the molecule is Cc1c(Cl)c2cc(C(=O)c3cccc(Cl)c3Cl)sc2n1CCN1CCC2CC2CC1. The van der Waals surface area contributed by atoms with E-state index in [0.717, 1.165) is 45.9 Å². The van der Waals surface area contributed by atoms with Crippen molar-refractivity contribution in [2.24, 2.45) is 11.8 Å². The zero-order chi connectivity index (χ0) is 21.0. The summed E-state index contributed by atoms with van der Waals surface area (Å²) >= 11 is 20.5. The number of rotatable bonds is 5. The van der Waals surface area contributed by atoms with E-state index in [-0.39, 0.29) is 5.78 Å². The van der Waals surface area contributed by atoms with Crippen molar-refractivity contribution in [1.82, 2.24) is 9.47 Å². The predicted octanol–water partition coefficient (Wildman–Crippen LogP) is 6.93. The molecule has 3 aromatic rings. The third-order valence-electron chi connectivity index (χ3n) is 6.68. The molecule has 0 amide bonds. The van der Waals surface area contributed by atoms with E-state index in [2.05, 4.69) is 16.4 Å². The quantitative estimate of drug-likeness (QED) is 0.369. The van der Waals surface area contributed by atoms with Gasteiger partial charge in [0, 0.05) is 29.7 Å². The highest BCUT2D eigenvalue weighted by Gasteiger charge is 2.38. The molecule has 0 bridgehead atoms. The molecule has 2 fully saturated rings. The smallest absolute Gasteiger partial charge is 0.204 e. The second-order valence-corrected chi connectivity index (χ2v) is 10.7. The summed E-state index contributed by atoms with van der Waals surface area (Å²) in [6.45, 7) is 6.35. The first-order valence-electron chi connectivity index (χ1n) is 10.4. The van der Waals surface area contributed by atoms with Crippen LogP contribution in [0.25, 0.3) is 10.2 Å². The van der Waals surface area contributed by atoms with Gasteiger partial charge in [0.05, 0.1) is 19.9 Å². The normalized spacial score (nSPS) is 21.6. The summed E-state index contributed by atoms with van der Waals surface area (Å²) in [7, 11) is 0. The number of benzene rings is 1. The van der Waals surface area contributed by atoms with Crippen molar-refractivity contribution >= 4 is 62.1 Å². The Labute approximate surface area is 195 Å². The molecule has 158 valence electrons. The number of nitrogens with zero attached hydrogens (tertiary/aromatic N) is 2. The summed E-state index contributed by atoms with van der Waals surface area (Å²) in [4.78, 5) is 17.3. The lowest BCUT2D eigenvalue weighted by Gasteiger charge is -2.21. The summed E-state index contributed by atoms with van der Waals surface area (Å²) < 4.78 is 2.27. The van der Waals surface area contributed by atoms with Gasteiger partial charge in [-0.05, 0) is 69.3 Å². The fraction of sp³-hybridized carbons (Fsp3) is 0.435. The summed E-state index contributed by atoms with van der Waals surface area (Å²) in [5.74, 6) is 1.85. The van der Waals surface area contributed by atoms with Gasteiger partial charge in [-0.2, -0.15) is 0 Å². The molecular formula is C23H23Cl3N2OS. The maximum absolute atomic E-state index is 13.1. The second-order valence-electron chi connectivity index (χ2n) is 8.49. The molecule has 7 heteroatoms. The van der Waals surface area contributed by atoms with Crippen molar-refractivity contribution in [3.05, 3.63) is 55.5 Å². The molecule has 0 N–H and O–H groups in total. The van der Waals surface area contributed by atoms with E-state index in [1.807, 2.05) is 6.07 Å². The van der Waals surface area contributed by atoms with Crippen molar-refractivity contribution in [1.29, 1.82) is 0 Å². The zero-order valence-corrected chi connectivity index (χ0v) is 19.8. The Morgan fingerprint density at radius 1 is 1.10 bits per heavy atom. The first kappa shape index (κ1) is 20.8. The molecule has 0 spiro atoms. The third-order valence-corrected chi connectivity index (χ3v) is 9.13. The van der Waals surface area contributed by atoms with Crippen molar-refractivity contribution in [2.75, 3.05) is 19.6 Å². The number of ketones is 1. The van der Waals surface area contributed by atoms with Crippen LogP contribution in [0.3, 0.4) is 0 Å². The number of hydrogen-bond acceptors (Lipinski definition) is 3. The van der Waals surface area contributed by atoms with Crippen LogP contribution >= 0.6 is 46.1 Å². The largest absolute Gasteiger partial charge is 0.334 e. The minimum absolute atomic E-state index is 0.115. The van der Waals surface area contributed by atoms with Crippen molar-refractivity contribution < 1.29 is 4.79 Å². The summed E-state index contributed by atoms with van der Waals surface area (Å²) in [5, 5.41) is 2.36. The van der Waals surface area contributed by atoms with Crippen LogP contribution < -0.4 is 0 Å². The summed E-state index contributed by atoms with van der Waals surface area (Å²) in [5.41, 5.74) is 1.49. The molecule has 1 aromatic carbocycles. The molecule has 1 aliphatic heterocycles. The topological polar surface area (TPSA) is 25.2 Å². The second kappa shape index (κ2) is 8.14. The molecule has 3 nitrogen and oxygen atoms in total. The maximum Gasteiger partial charge on any atom is 0.204 e. The highest BCUT2D eigenvalue weighted by molar-refractivity contribution is 7.20. The molecule has 5 rings (SSSR count). The molecule has 2 aliphatic rings. The van der Waals surface area contributed by atoms with Gasteiger partial charge >= 0.3 is 0 Å². The van der Waals surface area contributed by atoms with E-state index in [1.54, 1.807) is 18.2 Å². The Balaban J connectivity index is 1.40. The number of carbonyl (C=O) groups is 1. The Morgan fingerprint density at radius 2 is 1.83 bits per heavy atom. The number of fused-ring (bicyclic) bond motifs is 2. The van der Waals surface area contributed by atoms with Crippen LogP contribution in [-0.4, -0.2) is 34.9 Å². The standard InChI is InChI=1S/C23H23Cl3N2OS/c1-13-20(25)17-12-19(22(29)16-3-2-4-18(24)21(16)26)30-23(17)28(13)10-9-27-7-5-14-11-15(14)6-8-27/h2-4,12,14-15H,5-11H2,1H3. The van der Waals surface area contributed by atoms with E-state index < -0.39 is 0 Å². The van der Waals surface area contributed by atoms with Gasteiger partial charge in [-0.25, -0.2) is 0 Å². The summed E-state index contributed by atoms with van der Waals surface area (Å²) in [6, 6.07) is 7.04. The van der Waals surface area contributed by atoms with E-state index in [1.165, 1.54) is 43.7 Å². The van der Waals surface area contributed by atoms with Crippen LogP contribution in [0.1, 0.15) is 40.2 Å². The molecule has 30 heavy (non-hydrogen) atoms. The first-order valence-corrected chi connectivity index (χ1v) is 12.4. The first-order chi connectivity index (χ1) is 14.4. The number of aromatic nitrogens is 1. The average Bonchev–Trinajstić information content (AvgIpc) is 3.34. The number of thiophene rings is 1. The number of carbonyl (C=O) groups excluding carboxylic acids is 1. The molecule has 0 radical (unpaired) electrons. The zero-order valence-electron chi connectivity index (χ0n) is 16.8. The molecule has 1 saturated heterocycles. The van der Waals surface area contributed by atoms with Gasteiger partial charge < -0.3 is 9.47 Å².